The van der Waals surface area contributed by atoms with Crippen molar-refractivity contribution in [1.82, 2.24) is 55.5 Å². The van der Waals surface area contributed by atoms with E-state index in [1.54, 1.807) is 122 Å². The van der Waals surface area contributed by atoms with Crippen molar-refractivity contribution in [2.45, 2.75) is 78.3 Å². The summed E-state index contributed by atoms with van der Waals surface area (Å²) < 4.78 is 59.0. The highest BCUT2D eigenvalue weighted by molar-refractivity contribution is 9.10. The van der Waals surface area contributed by atoms with Crippen molar-refractivity contribution in [2.75, 3.05) is 60.6 Å². The first kappa shape index (κ1) is 98.0. The molecule has 9 N–H and O–H groups in total. The number of carbonyl (C=O) groups is 6. The Bertz CT molecular complexity index is 7540. The van der Waals surface area contributed by atoms with E-state index in [9.17, 15) is 28.8 Å². The lowest BCUT2D eigenvalue weighted by atomic mass is 10.00. The summed E-state index contributed by atoms with van der Waals surface area (Å²) in [5.74, 6) is 5.94. The maximum Gasteiger partial charge on any atom is 0.250 e. The maximum atomic E-state index is 11.7. The van der Waals surface area contributed by atoms with Gasteiger partial charge in [0.2, 0.25) is 29.4 Å². The van der Waals surface area contributed by atoms with Gasteiger partial charge in [0.1, 0.15) is 60.0 Å². The molecule has 1 aliphatic carbocycles. The molecule has 1 saturated carbocycles. The Labute approximate surface area is 825 Å². The highest BCUT2D eigenvalue weighted by Gasteiger charge is 2.45. The van der Waals surface area contributed by atoms with Gasteiger partial charge in [-0.05, 0) is 266 Å². The minimum Gasteiger partial charge on any atom is -0.493 e. The van der Waals surface area contributed by atoms with E-state index in [-0.39, 0.29) is 66.3 Å². The summed E-state index contributed by atoms with van der Waals surface area (Å²) in [4.78, 5) is 108. The number of rotatable bonds is 29. The van der Waals surface area contributed by atoms with Crippen LogP contribution in [0.1, 0.15) is 85.0 Å². The van der Waals surface area contributed by atoms with Crippen molar-refractivity contribution in [3.63, 3.8) is 0 Å². The zero-order valence-electron chi connectivity index (χ0n) is 79.0. The first-order chi connectivity index (χ1) is 68.9. The molecule has 6 amide bonds. The van der Waals surface area contributed by atoms with E-state index >= 15 is 0 Å². The molecule has 0 unspecified atom stereocenters. The summed E-state index contributed by atoms with van der Waals surface area (Å²) in [6, 6.07) is 68.9. The number of nitrogens with zero attached hydrogens (tertiary/aromatic N) is 9. The van der Waals surface area contributed by atoms with Crippen LogP contribution >= 0.6 is 15.9 Å². The van der Waals surface area contributed by atoms with Crippen LogP contribution in [0, 0.1) is 17.3 Å². The SMILES string of the molecule is CC(=O)Nc1ccc(-c2cc(OCc3ncccc3C(N)=O)c3cccnc3c2)cn1.COc1cc(-c2cc(OCC3(CC(N)=O)CC3)c3cccnc3c2)cc(OC)c1OC.COc1ccc(-c2cc(OCc3ncccc3C(N)=O)c3cccnc3c2)cc1OC.C[C@@H](Oc1cc(-c2ccc3ncccc3c2)cc2ncccc12)[C@H]1CNC(=O)C1.C[C@@H](Oc1cc(Br)cc2ncccc12)[C@H]1CNC(=O)C1. The molecular weight excluding hydrogens is 1870 g/mol. The van der Waals surface area contributed by atoms with Gasteiger partial charge < -0.3 is 80.5 Å². The van der Waals surface area contributed by atoms with E-state index in [2.05, 4.69) is 107 Å². The zero-order chi connectivity index (χ0) is 99.5. The molecule has 31 nitrogen and oxygen atoms in total. The second-order valence-corrected chi connectivity index (χ2v) is 35.0. The molecule has 2 saturated heterocycles. The third kappa shape index (κ3) is 23.8. The summed E-state index contributed by atoms with van der Waals surface area (Å²) >= 11 is 3.48. The minimum atomic E-state index is -0.558. The van der Waals surface area contributed by atoms with Crippen LogP contribution in [0.2, 0.25) is 0 Å². The number of nitrogens with one attached hydrogen (secondary N) is 3. The highest BCUT2D eigenvalue weighted by Crippen LogP contribution is 2.50. The Balaban J connectivity index is 0.000000128. The van der Waals surface area contributed by atoms with E-state index in [0.717, 1.165) is 139 Å². The van der Waals surface area contributed by atoms with Crippen molar-refractivity contribution in [3.05, 3.63) is 301 Å². The number of hydrogen-bond donors (Lipinski definition) is 6. The lowest BCUT2D eigenvalue weighted by Gasteiger charge is -2.21. The lowest BCUT2D eigenvalue weighted by molar-refractivity contribution is -0.120. The van der Waals surface area contributed by atoms with Crippen LogP contribution in [-0.2, 0) is 32.4 Å². The standard InChI is InChI=1S/C24H21N3O4.C24H21N3O2.C24H26N2O5.C23H19N5O3.C15H15BrN2O2/c1-29-21-8-7-15(12-23(21)30-2)16-11-19-17(5-3-9-26-19)22(13-16)31-14-20-18(24(25)28)6-4-10-27-20;1-15(19-13-24(28)27-14-19)29-23-12-18(11-22-20(23)5-3-9-26-22)16-6-7-21-17(10-16)4-2-8-25-21;1-28-20-11-16(12-21(29-2)23(20)30-3)15-9-18-17(5-4-8-26-18)19(10-15)31-14-24(6-7-24)13-22(25)27;1-14(29)28-22-7-6-15(12-27-22)16-10-19-17(4-2-8-25-19)21(11-16)31-13-20-18(23(24)30)5-3-9-26-20;1-9(10-5-15(19)18-8-10)20-14-7-11(16)6-13-12(14)3-2-4-17-13/h3-13H,14H2,1-2H3,(H2,25,28);2-12,15,19H,13-14H2,1H3,(H,27,28);4-5,8-12H,6-7,13-14H2,1-3H3,(H2,25,27);2-12H,13H2,1H3,(H2,24,30)(H,27,28,29);2-4,6-7,9-10H,5,8H2,1H3,(H,18,19)/t;15-,19-;;;9-,10-/m.1..1/s1. The highest BCUT2D eigenvalue weighted by atomic mass is 79.9. The minimum absolute atomic E-state index is 0.0216. The molecule has 32 heteroatoms. The second kappa shape index (κ2) is 45.1. The molecule has 2 aliphatic heterocycles. The fourth-order valence-corrected chi connectivity index (χ4v) is 17.2. The van der Waals surface area contributed by atoms with Gasteiger partial charge in [-0.3, -0.25) is 68.6 Å². The number of pyridine rings is 9. The zero-order valence-corrected chi connectivity index (χ0v) is 80.6. The molecule has 11 heterocycles. The predicted molar refractivity (Wildman–Crippen MR) is 546 cm³/mol. The fraction of sp³-hybridized carbons (Fsp3) is 0.209. The van der Waals surface area contributed by atoms with Crippen molar-refractivity contribution in [3.8, 4) is 102 Å². The molecule has 0 bridgehead atoms. The van der Waals surface area contributed by atoms with Crippen molar-refractivity contribution in [2.24, 2.45) is 34.5 Å². The molecule has 720 valence electrons. The largest absolute Gasteiger partial charge is 0.493 e. The number of aromatic nitrogens is 9. The summed E-state index contributed by atoms with van der Waals surface area (Å²) in [6.45, 7) is 7.43. The van der Waals surface area contributed by atoms with Crippen molar-refractivity contribution >= 4 is 123 Å². The average Bonchev–Trinajstić information content (AvgIpc) is 1.77. The summed E-state index contributed by atoms with van der Waals surface area (Å²) in [6.07, 6.45) is 18.6. The Kier molecular flexibility index (Phi) is 31.1. The second-order valence-electron chi connectivity index (χ2n) is 34.1. The van der Waals surface area contributed by atoms with Crippen LogP contribution in [0.25, 0.3) is 110 Å². The Morgan fingerprint density at radius 1 is 0.401 bits per heavy atom. The van der Waals surface area contributed by atoms with Gasteiger partial charge in [-0.2, -0.15) is 0 Å². The molecule has 20 rings (SSSR count). The smallest absolute Gasteiger partial charge is 0.250 e. The van der Waals surface area contributed by atoms with Gasteiger partial charge in [-0.1, -0.05) is 34.1 Å². The predicted octanol–water partition coefficient (Wildman–Crippen LogP) is 18.5. The molecule has 17 aromatic rings. The lowest BCUT2D eigenvalue weighted by Crippen LogP contribution is -2.25. The number of benzene rings is 8. The topological polar surface area (TPSA) is 425 Å². The van der Waals surface area contributed by atoms with Gasteiger partial charge in [-0.25, -0.2) is 4.98 Å². The average molecular weight is 1970 g/mol. The van der Waals surface area contributed by atoms with Crippen LogP contribution in [0.3, 0.4) is 0 Å². The van der Waals surface area contributed by atoms with Gasteiger partial charge in [0.25, 0.3) is 11.8 Å². The van der Waals surface area contributed by atoms with Crippen molar-refractivity contribution < 1.29 is 76.1 Å². The van der Waals surface area contributed by atoms with Crippen LogP contribution in [0.5, 0.6) is 57.5 Å². The monoisotopic (exact) mass is 1970 g/mol. The number of hydrogen-bond acceptors (Lipinski definition) is 25. The summed E-state index contributed by atoms with van der Waals surface area (Å²) in [5.41, 5.74) is 30.3. The van der Waals surface area contributed by atoms with E-state index in [1.165, 1.54) is 6.92 Å². The molecular formula is C110H102BrN15O16. The molecule has 142 heavy (non-hydrogen) atoms. The number of nitrogens with two attached hydrogens (primary N) is 3. The third-order valence-corrected chi connectivity index (χ3v) is 24.9. The number of ether oxygens (including phenoxy) is 10. The first-order valence-electron chi connectivity index (χ1n) is 45.6. The van der Waals surface area contributed by atoms with Crippen LogP contribution in [0.4, 0.5) is 5.82 Å². The quantitative estimate of drug-likeness (QED) is 0.0253. The molecule has 3 fully saturated rings. The van der Waals surface area contributed by atoms with E-state index in [1.807, 2.05) is 172 Å². The molecule has 8 aromatic carbocycles. The number of halogens is 1. The molecule has 4 atom stereocenters. The van der Waals surface area contributed by atoms with Crippen molar-refractivity contribution in [1.29, 1.82) is 0 Å². The van der Waals surface area contributed by atoms with Gasteiger partial charge in [0, 0.05) is 155 Å². The summed E-state index contributed by atoms with van der Waals surface area (Å²) in [5, 5.41) is 14.0. The summed E-state index contributed by atoms with van der Waals surface area (Å²) in [7, 11) is 7.95. The van der Waals surface area contributed by atoms with Gasteiger partial charge in [-0.15, -0.1) is 0 Å². The number of fused-ring (bicyclic) bond motifs is 6. The molecule has 0 radical (unpaired) electrons. The van der Waals surface area contributed by atoms with Crippen LogP contribution < -0.4 is 80.5 Å². The van der Waals surface area contributed by atoms with Gasteiger partial charge in [0.05, 0.1) is 97.8 Å². The number of anilines is 1. The number of primary amides is 3. The van der Waals surface area contributed by atoms with Crippen LogP contribution in [-0.4, -0.2) is 148 Å². The molecule has 0 spiro atoms. The molecule has 3 aliphatic rings. The van der Waals surface area contributed by atoms with E-state index in [4.69, 9.17) is 64.6 Å². The van der Waals surface area contributed by atoms with E-state index < -0.39 is 11.8 Å². The third-order valence-electron chi connectivity index (χ3n) is 24.5. The maximum absolute atomic E-state index is 11.7. The number of amides is 6. The fourth-order valence-electron chi connectivity index (χ4n) is 16.8. The molecule has 9 aromatic heterocycles. The Morgan fingerprint density at radius 3 is 1.23 bits per heavy atom. The normalized spacial score (nSPS) is 14.1. The van der Waals surface area contributed by atoms with Gasteiger partial charge >= 0.3 is 0 Å². The Morgan fingerprint density at radius 2 is 0.789 bits per heavy atom. The van der Waals surface area contributed by atoms with Crippen LogP contribution in [0.15, 0.2) is 279 Å². The number of carbonyl (C=O) groups excluding carboxylic acids is 6. The number of methoxy groups -OCH3 is 5. The van der Waals surface area contributed by atoms with E-state index in [0.29, 0.717) is 113 Å². The Hall–Kier alpha value is -17.0. The first-order valence-corrected chi connectivity index (χ1v) is 46.4. The van der Waals surface area contributed by atoms with Gasteiger partial charge in [0.15, 0.2) is 23.0 Å².